The van der Waals surface area contributed by atoms with Gasteiger partial charge < -0.3 is 14.8 Å². The smallest absolute Gasteiger partial charge is 0.258 e. The summed E-state index contributed by atoms with van der Waals surface area (Å²) in [6, 6.07) is 26.8. The van der Waals surface area contributed by atoms with E-state index in [-0.39, 0.29) is 18.6 Å². The minimum Gasteiger partial charge on any atom is -0.493 e. The molecule has 0 aliphatic rings. The van der Waals surface area contributed by atoms with Crippen LogP contribution >= 0.6 is 0 Å². The average Bonchev–Trinajstić information content (AvgIpc) is 2.72. The van der Waals surface area contributed by atoms with Crippen LogP contribution in [0.4, 0.5) is 0 Å². The summed E-state index contributed by atoms with van der Waals surface area (Å²) in [6.45, 7) is -0.0868. The first-order chi connectivity index (χ1) is 12.8. The Morgan fingerprint density at radius 2 is 1.31 bits per heavy atom. The number of rotatable bonds is 7. The van der Waals surface area contributed by atoms with Gasteiger partial charge in [0.2, 0.25) is 0 Å². The third-order valence-electron chi connectivity index (χ3n) is 4.00. The van der Waals surface area contributed by atoms with E-state index >= 15 is 0 Å². The number of ether oxygens (including phenoxy) is 2. The molecule has 0 unspecified atom stereocenters. The molecule has 0 atom stereocenters. The second kappa shape index (κ2) is 8.72. The van der Waals surface area contributed by atoms with Gasteiger partial charge in [-0.1, -0.05) is 72.8 Å². The monoisotopic (exact) mass is 347 g/mol. The Bertz CT molecular complexity index is 795. The van der Waals surface area contributed by atoms with E-state index < -0.39 is 0 Å². The Labute approximate surface area is 153 Å². The predicted octanol–water partition coefficient (Wildman–Crippen LogP) is 3.98. The molecule has 0 aliphatic carbocycles. The molecule has 0 bridgehead atoms. The summed E-state index contributed by atoms with van der Waals surface area (Å²) in [5, 5.41) is 3.05. The van der Waals surface area contributed by atoms with E-state index in [0.29, 0.717) is 11.5 Å². The SMILES string of the molecule is COc1ccccc1OCC(=O)NC(c1ccccc1)c1ccccc1. The number of hydrogen-bond acceptors (Lipinski definition) is 3. The van der Waals surface area contributed by atoms with Crippen LogP contribution in [0.5, 0.6) is 11.5 Å². The maximum atomic E-state index is 12.5. The first-order valence-electron chi connectivity index (χ1n) is 8.43. The molecule has 3 aromatic rings. The zero-order chi connectivity index (χ0) is 18.2. The molecule has 132 valence electrons. The van der Waals surface area contributed by atoms with Crippen molar-refractivity contribution in [1.29, 1.82) is 0 Å². The second-order valence-corrected chi connectivity index (χ2v) is 5.76. The number of para-hydroxylation sites is 2. The molecule has 0 heterocycles. The van der Waals surface area contributed by atoms with Gasteiger partial charge in [-0.3, -0.25) is 4.79 Å². The van der Waals surface area contributed by atoms with Crippen molar-refractivity contribution in [2.24, 2.45) is 0 Å². The van der Waals surface area contributed by atoms with Crippen molar-refractivity contribution in [1.82, 2.24) is 5.32 Å². The average molecular weight is 347 g/mol. The normalized spacial score (nSPS) is 10.4. The summed E-state index contributed by atoms with van der Waals surface area (Å²) in [5.74, 6) is 0.942. The first kappa shape index (κ1) is 17.5. The van der Waals surface area contributed by atoms with Crippen LogP contribution in [0, 0.1) is 0 Å². The van der Waals surface area contributed by atoms with Gasteiger partial charge >= 0.3 is 0 Å². The van der Waals surface area contributed by atoms with E-state index in [9.17, 15) is 4.79 Å². The molecule has 4 nitrogen and oxygen atoms in total. The molecule has 3 aromatic carbocycles. The van der Waals surface area contributed by atoms with E-state index in [1.54, 1.807) is 19.2 Å². The minimum absolute atomic E-state index is 0.0868. The van der Waals surface area contributed by atoms with Gasteiger partial charge in [-0.2, -0.15) is 0 Å². The fourth-order valence-electron chi connectivity index (χ4n) is 2.73. The van der Waals surface area contributed by atoms with Gasteiger partial charge in [0, 0.05) is 0 Å². The molecule has 0 saturated heterocycles. The van der Waals surface area contributed by atoms with E-state index in [1.807, 2.05) is 72.8 Å². The van der Waals surface area contributed by atoms with Crippen LogP contribution < -0.4 is 14.8 Å². The highest BCUT2D eigenvalue weighted by molar-refractivity contribution is 5.78. The molecule has 4 heteroatoms. The fraction of sp³-hybridized carbons (Fsp3) is 0.136. The molecule has 1 N–H and O–H groups in total. The predicted molar refractivity (Wildman–Crippen MR) is 101 cm³/mol. The quantitative estimate of drug-likeness (QED) is 0.703. The van der Waals surface area contributed by atoms with Crippen LogP contribution in [0.1, 0.15) is 17.2 Å². The van der Waals surface area contributed by atoms with Gasteiger partial charge in [0.25, 0.3) is 5.91 Å². The highest BCUT2D eigenvalue weighted by atomic mass is 16.5. The van der Waals surface area contributed by atoms with Crippen LogP contribution in [0.3, 0.4) is 0 Å². The van der Waals surface area contributed by atoms with E-state index in [2.05, 4.69) is 5.32 Å². The number of carbonyl (C=O) groups excluding carboxylic acids is 1. The number of benzene rings is 3. The van der Waals surface area contributed by atoms with Crippen LogP contribution in [-0.4, -0.2) is 19.6 Å². The number of methoxy groups -OCH3 is 1. The lowest BCUT2D eigenvalue weighted by molar-refractivity contribution is -0.123. The Balaban J connectivity index is 1.72. The summed E-state index contributed by atoms with van der Waals surface area (Å²) < 4.78 is 10.9. The van der Waals surface area contributed by atoms with Crippen molar-refractivity contribution in [2.45, 2.75) is 6.04 Å². The first-order valence-corrected chi connectivity index (χ1v) is 8.43. The summed E-state index contributed by atoms with van der Waals surface area (Å²) in [5.41, 5.74) is 2.04. The molecule has 0 aromatic heterocycles. The van der Waals surface area contributed by atoms with Gasteiger partial charge in [0.05, 0.1) is 13.2 Å². The molecule has 0 spiro atoms. The van der Waals surface area contributed by atoms with Gasteiger partial charge in [0.15, 0.2) is 18.1 Å². The Hall–Kier alpha value is -3.27. The summed E-state index contributed by atoms with van der Waals surface area (Å²) >= 11 is 0. The van der Waals surface area contributed by atoms with Crippen molar-refractivity contribution >= 4 is 5.91 Å². The van der Waals surface area contributed by atoms with Crippen molar-refractivity contribution in [3.63, 3.8) is 0 Å². The molecule has 0 aliphatic heterocycles. The standard InChI is InChI=1S/C22H21NO3/c1-25-19-14-8-9-15-20(19)26-16-21(24)23-22(17-10-4-2-5-11-17)18-12-6-3-7-13-18/h2-15,22H,16H2,1H3,(H,23,24). The molecule has 0 fully saturated rings. The number of hydrogen-bond donors (Lipinski definition) is 1. The zero-order valence-electron chi connectivity index (χ0n) is 14.6. The highest BCUT2D eigenvalue weighted by Crippen LogP contribution is 2.26. The lowest BCUT2D eigenvalue weighted by atomic mass is 9.99. The summed E-state index contributed by atoms with van der Waals surface area (Å²) in [7, 11) is 1.57. The van der Waals surface area contributed by atoms with E-state index in [4.69, 9.17) is 9.47 Å². The van der Waals surface area contributed by atoms with Crippen molar-refractivity contribution in [3.05, 3.63) is 96.1 Å². The van der Waals surface area contributed by atoms with Crippen molar-refractivity contribution < 1.29 is 14.3 Å². The maximum Gasteiger partial charge on any atom is 0.258 e. The summed E-state index contributed by atoms with van der Waals surface area (Å²) in [4.78, 5) is 12.5. The van der Waals surface area contributed by atoms with E-state index in [0.717, 1.165) is 11.1 Å². The molecule has 26 heavy (non-hydrogen) atoms. The topological polar surface area (TPSA) is 47.6 Å². The minimum atomic E-state index is -0.230. The fourth-order valence-corrected chi connectivity index (χ4v) is 2.73. The molecule has 0 saturated carbocycles. The van der Waals surface area contributed by atoms with Crippen LogP contribution in [0.25, 0.3) is 0 Å². The van der Waals surface area contributed by atoms with Gasteiger partial charge in [0.1, 0.15) is 0 Å². The van der Waals surface area contributed by atoms with Gasteiger partial charge in [-0.25, -0.2) is 0 Å². The van der Waals surface area contributed by atoms with Crippen LogP contribution in [-0.2, 0) is 4.79 Å². The third-order valence-corrected chi connectivity index (χ3v) is 4.00. The molecular weight excluding hydrogens is 326 g/mol. The van der Waals surface area contributed by atoms with Gasteiger partial charge in [-0.05, 0) is 23.3 Å². The van der Waals surface area contributed by atoms with Crippen LogP contribution in [0.2, 0.25) is 0 Å². The Kier molecular flexibility index (Phi) is 5.88. The number of carbonyl (C=O) groups is 1. The second-order valence-electron chi connectivity index (χ2n) is 5.76. The molecule has 3 rings (SSSR count). The highest BCUT2D eigenvalue weighted by Gasteiger charge is 2.17. The molecule has 1 amide bonds. The van der Waals surface area contributed by atoms with Gasteiger partial charge in [-0.15, -0.1) is 0 Å². The number of nitrogens with one attached hydrogen (secondary N) is 1. The lowest BCUT2D eigenvalue weighted by Gasteiger charge is -2.20. The largest absolute Gasteiger partial charge is 0.493 e. The molecular formula is C22H21NO3. The lowest BCUT2D eigenvalue weighted by Crippen LogP contribution is -2.33. The summed E-state index contributed by atoms with van der Waals surface area (Å²) in [6.07, 6.45) is 0. The number of amides is 1. The van der Waals surface area contributed by atoms with Crippen molar-refractivity contribution in [3.8, 4) is 11.5 Å². The Morgan fingerprint density at radius 1 is 0.808 bits per heavy atom. The zero-order valence-corrected chi connectivity index (χ0v) is 14.6. The van der Waals surface area contributed by atoms with Crippen molar-refractivity contribution in [2.75, 3.05) is 13.7 Å². The third kappa shape index (κ3) is 4.42. The molecule has 0 radical (unpaired) electrons. The maximum absolute atomic E-state index is 12.5. The van der Waals surface area contributed by atoms with Crippen LogP contribution in [0.15, 0.2) is 84.9 Å². The van der Waals surface area contributed by atoms with E-state index in [1.165, 1.54) is 0 Å². The Morgan fingerprint density at radius 3 is 1.85 bits per heavy atom.